The molecule has 0 N–H and O–H groups in total. The third kappa shape index (κ3) is 2.45. The number of methoxy groups -OCH3 is 1. The number of carbonyl (C=O) groups is 1. The van der Waals surface area contributed by atoms with E-state index in [1.165, 1.54) is 7.11 Å². The molecule has 0 spiro atoms. The first-order valence-corrected chi connectivity index (χ1v) is 4.86. The van der Waals surface area contributed by atoms with E-state index in [0.29, 0.717) is 17.0 Å². The first kappa shape index (κ1) is 11.0. The molecule has 0 saturated carbocycles. The number of carbonyl (C=O) groups excluding carboxylic acids is 1. The number of nitrogens with zero attached hydrogens (tertiary/aromatic N) is 1. The van der Waals surface area contributed by atoms with E-state index in [4.69, 9.17) is 9.47 Å². The van der Waals surface area contributed by atoms with E-state index >= 15 is 0 Å². The van der Waals surface area contributed by atoms with Crippen molar-refractivity contribution in [2.75, 3.05) is 13.7 Å². The highest BCUT2D eigenvalue weighted by Gasteiger charge is 2.11. The van der Waals surface area contributed by atoms with Crippen molar-refractivity contribution in [2.24, 2.45) is 0 Å². The highest BCUT2D eigenvalue weighted by molar-refractivity contribution is 9.10. The maximum atomic E-state index is 11.3. The van der Waals surface area contributed by atoms with E-state index in [1.807, 2.05) is 0 Å². The van der Waals surface area contributed by atoms with E-state index in [-0.39, 0.29) is 5.69 Å². The number of esters is 1. The summed E-state index contributed by atoms with van der Waals surface area (Å²) in [6, 6.07) is 3.27. The second-order valence-electron chi connectivity index (χ2n) is 2.41. The average molecular weight is 260 g/mol. The summed E-state index contributed by atoms with van der Waals surface area (Å²) in [6.07, 6.45) is 0. The Bertz CT molecular complexity index is 341. The molecule has 0 aliphatic heterocycles. The number of pyridine rings is 1. The molecule has 5 heteroatoms. The molecule has 0 aliphatic carbocycles. The maximum absolute atomic E-state index is 11.3. The van der Waals surface area contributed by atoms with Gasteiger partial charge >= 0.3 is 5.97 Å². The molecule has 0 radical (unpaired) electrons. The van der Waals surface area contributed by atoms with E-state index in [0.717, 1.165) is 0 Å². The van der Waals surface area contributed by atoms with Gasteiger partial charge in [-0.25, -0.2) is 9.78 Å². The molecular formula is C9H10BrNO3. The number of halogens is 1. The molecule has 1 heterocycles. The van der Waals surface area contributed by atoms with Crippen LogP contribution in [0.4, 0.5) is 0 Å². The Morgan fingerprint density at radius 1 is 1.57 bits per heavy atom. The highest BCUT2D eigenvalue weighted by atomic mass is 79.9. The molecule has 76 valence electrons. The van der Waals surface area contributed by atoms with Crippen LogP contribution in [0.5, 0.6) is 5.88 Å². The van der Waals surface area contributed by atoms with Crippen molar-refractivity contribution in [1.29, 1.82) is 0 Å². The fourth-order valence-electron chi connectivity index (χ4n) is 0.885. The molecule has 0 bridgehead atoms. The summed E-state index contributed by atoms with van der Waals surface area (Å²) in [5.74, 6) is -0.0751. The minimum absolute atomic E-state index is 0.243. The van der Waals surface area contributed by atoms with E-state index in [9.17, 15) is 4.79 Å². The van der Waals surface area contributed by atoms with Crippen molar-refractivity contribution in [3.63, 3.8) is 0 Å². The molecule has 0 unspecified atom stereocenters. The second kappa shape index (κ2) is 4.95. The SMILES string of the molecule is CCOC(=O)c1ccc(Br)c(OC)n1. The van der Waals surface area contributed by atoms with Gasteiger partial charge < -0.3 is 9.47 Å². The summed E-state index contributed by atoms with van der Waals surface area (Å²) >= 11 is 3.24. The summed E-state index contributed by atoms with van der Waals surface area (Å²) < 4.78 is 10.4. The Labute approximate surface area is 90.4 Å². The molecule has 0 atom stereocenters. The van der Waals surface area contributed by atoms with Crippen molar-refractivity contribution in [3.05, 3.63) is 22.3 Å². The molecule has 0 amide bonds. The Morgan fingerprint density at radius 3 is 2.86 bits per heavy atom. The summed E-state index contributed by atoms with van der Waals surface area (Å²) in [7, 11) is 1.49. The number of hydrogen-bond acceptors (Lipinski definition) is 4. The minimum atomic E-state index is -0.446. The van der Waals surface area contributed by atoms with Crippen molar-refractivity contribution < 1.29 is 14.3 Å². The average Bonchev–Trinajstić information content (AvgIpc) is 2.19. The van der Waals surface area contributed by atoms with E-state index in [1.54, 1.807) is 19.1 Å². The molecule has 1 aromatic heterocycles. The molecular weight excluding hydrogens is 250 g/mol. The van der Waals surface area contributed by atoms with Gasteiger partial charge in [0.2, 0.25) is 5.88 Å². The van der Waals surface area contributed by atoms with Crippen molar-refractivity contribution >= 4 is 21.9 Å². The topological polar surface area (TPSA) is 48.4 Å². The fourth-order valence-corrected chi connectivity index (χ4v) is 1.27. The summed E-state index contributed by atoms with van der Waals surface area (Å²) in [5.41, 5.74) is 0.243. The molecule has 0 aliphatic rings. The lowest BCUT2D eigenvalue weighted by Crippen LogP contribution is -2.07. The van der Waals surface area contributed by atoms with Crippen LogP contribution in [0.1, 0.15) is 17.4 Å². The Hall–Kier alpha value is -1.10. The van der Waals surface area contributed by atoms with Gasteiger partial charge in [-0.2, -0.15) is 0 Å². The standard InChI is InChI=1S/C9H10BrNO3/c1-3-14-9(12)7-5-4-6(10)8(11-7)13-2/h4-5H,3H2,1-2H3. The Morgan fingerprint density at radius 2 is 2.29 bits per heavy atom. The van der Waals surface area contributed by atoms with Crippen molar-refractivity contribution in [3.8, 4) is 5.88 Å². The first-order valence-electron chi connectivity index (χ1n) is 4.06. The summed E-state index contributed by atoms with van der Waals surface area (Å²) in [6.45, 7) is 2.08. The van der Waals surface area contributed by atoms with Crippen LogP contribution in [0.15, 0.2) is 16.6 Å². The minimum Gasteiger partial charge on any atom is -0.480 e. The van der Waals surface area contributed by atoms with Gasteiger partial charge in [-0.1, -0.05) is 0 Å². The molecule has 0 saturated heterocycles. The smallest absolute Gasteiger partial charge is 0.357 e. The lowest BCUT2D eigenvalue weighted by molar-refractivity contribution is 0.0518. The molecule has 4 nitrogen and oxygen atoms in total. The normalized spacial score (nSPS) is 9.64. The first-order chi connectivity index (χ1) is 6.69. The summed E-state index contributed by atoms with van der Waals surface area (Å²) in [4.78, 5) is 15.2. The zero-order chi connectivity index (χ0) is 10.6. The van der Waals surface area contributed by atoms with Crippen LogP contribution in [0, 0.1) is 0 Å². The molecule has 1 aromatic rings. The van der Waals surface area contributed by atoms with Gasteiger partial charge in [-0.05, 0) is 35.0 Å². The fraction of sp³-hybridized carbons (Fsp3) is 0.333. The zero-order valence-corrected chi connectivity index (χ0v) is 9.50. The van der Waals surface area contributed by atoms with Crippen LogP contribution in [0.3, 0.4) is 0 Å². The van der Waals surface area contributed by atoms with Gasteiger partial charge in [0.05, 0.1) is 18.2 Å². The van der Waals surface area contributed by atoms with Gasteiger partial charge in [0.15, 0.2) is 5.69 Å². The van der Waals surface area contributed by atoms with Gasteiger partial charge in [-0.15, -0.1) is 0 Å². The van der Waals surface area contributed by atoms with Crippen molar-refractivity contribution in [1.82, 2.24) is 4.98 Å². The van der Waals surface area contributed by atoms with Crippen LogP contribution >= 0.6 is 15.9 Å². The highest BCUT2D eigenvalue weighted by Crippen LogP contribution is 2.22. The van der Waals surface area contributed by atoms with Gasteiger partial charge in [0.25, 0.3) is 0 Å². The van der Waals surface area contributed by atoms with Crippen LogP contribution in [0.2, 0.25) is 0 Å². The maximum Gasteiger partial charge on any atom is 0.357 e. The lowest BCUT2D eigenvalue weighted by atomic mass is 10.3. The van der Waals surface area contributed by atoms with E-state index in [2.05, 4.69) is 20.9 Å². The zero-order valence-electron chi connectivity index (χ0n) is 7.91. The van der Waals surface area contributed by atoms with Crippen LogP contribution < -0.4 is 4.74 Å². The van der Waals surface area contributed by atoms with E-state index < -0.39 is 5.97 Å². The molecule has 14 heavy (non-hydrogen) atoms. The van der Waals surface area contributed by atoms with Gasteiger partial charge in [0.1, 0.15) is 0 Å². The number of rotatable bonds is 3. The summed E-state index contributed by atoms with van der Waals surface area (Å²) in [5, 5.41) is 0. The number of hydrogen-bond donors (Lipinski definition) is 0. The second-order valence-corrected chi connectivity index (χ2v) is 3.26. The van der Waals surface area contributed by atoms with Crippen LogP contribution in [-0.4, -0.2) is 24.7 Å². The molecule has 0 aromatic carbocycles. The van der Waals surface area contributed by atoms with Crippen molar-refractivity contribution in [2.45, 2.75) is 6.92 Å². The monoisotopic (exact) mass is 259 g/mol. The number of ether oxygens (including phenoxy) is 2. The van der Waals surface area contributed by atoms with Gasteiger partial charge in [0, 0.05) is 0 Å². The Balaban J connectivity index is 2.94. The van der Waals surface area contributed by atoms with Crippen LogP contribution in [0.25, 0.3) is 0 Å². The molecule has 1 rings (SSSR count). The lowest BCUT2D eigenvalue weighted by Gasteiger charge is -2.04. The Kier molecular flexibility index (Phi) is 3.88. The quantitative estimate of drug-likeness (QED) is 0.780. The third-order valence-electron chi connectivity index (χ3n) is 1.49. The third-order valence-corrected chi connectivity index (χ3v) is 2.10. The predicted octanol–water partition coefficient (Wildman–Crippen LogP) is 2.03. The molecule has 0 fully saturated rings. The van der Waals surface area contributed by atoms with Gasteiger partial charge in [-0.3, -0.25) is 0 Å². The predicted molar refractivity (Wildman–Crippen MR) is 54.4 cm³/mol. The van der Waals surface area contributed by atoms with Crippen LogP contribution in [-0.2, 0) is 4.74 Å². The number of aromatic nitrogens is 1. The largest absolute Gasteiger partial charge is 0.480 e.